The predicted molar refractivity (Wildman–Crippen MR) is 49.6 cm³/mol. The van der Waals surface area contributed by atoms with Crippen LogP contribution in [0.1, 0.15) is 7.60 Å². The van der Waals surface area contributed by atoms with Gasteiger partial charge in [0.15, 0.2) is 6.23 Å². The Kier molecular flexibility index (Phi) is 2.29. The number of nitrogens with zero attached hydrogens (tertiary/aromatic N) is 2. The Bertz CT molecular complexity index is 387. The van der Waals surface area contributed by atoms with Crippen LogP contribution in [0.3, 0.4) is 0 Å². The monoisotopic (exact) mass is 216 g/mol. The lowest BCUT2D eigenvalue weighted by Crippen LogP contribution is -2.33. The molecule has 7 heteroatoms. The van der Waals surface area contributed by atoms with E-state index in [0.717, 1.165) is 0 Å². The molecule has 0 aromatic carbocycles. The van der Waals surface area contributed by atoms with E-state index >= 15 is 0 Å². The number of anilines is 1. The number of aliphatic hydroxyl groups is 3. The first-order valence-corrected chi connectivity index (χ1v) is 4.42. The van der Waals surface area contributed by atoms with E-state index in [2.05, 4.69) is 4.98 Å². The Morgan fingerprint density at radius 1 is 1.60 bits per heavy atom. The molecule has 1 aromatic rings. The number of imidazole rings is 1. The molecule has 4 atom stereocenters. The van der Waals surface area contributed by atoms with Crippen molar-refractivity contribution < 1.29 is 21.4 Å². The van der Waals surface area contributed by atoms with Crippen molar-refractivity contribution in [1.29, 1.82) is 0 Å². The van der Waals surface area contributed by atoms with Crippen LogP contribution in [0.2, 0.25) is 0 Å². The molecule has 1 aromatic heterocycles. The van der Waals surface area contributed by atoms with Gasteiger partial charge in [0.05, 0.1) is 20.5 Å². The molecule has 0 unspecified atom stereocenters. The van der Waals surface area contributed by atoms with Crippen molar-refractivity contribution in [2.75, 3.05) is 12.3 Å². The Balaban J connectivity index is 2.30. The van der Waals surface area contributed by atoms with Gasteiger partial charge < -0.3 is 25.8 Å². The summed E-state index contributed by atoms with van der Waals surface area (Å²) in [6.07, 6.45) is -3.15. The molecule has 5 N–H and O–H groups in total. The molecule has 1 aliphatic heterocycles. The molecule has 15 heavy (non-hydrogen) atoms. The predicted octanol–water partition coefficient (Wildman–Crippen LogP) is -1.92. The molecule has 0 aliphatic carbocycles. The third kappa shape index (κ3) is 1.59. The summed E-state index contributed by atoms with van der Waals surface area (Å²) in [5.41, 5.74) is 5.56. The van der Waals surface area contributed by atoms with Crippen LogP contribution in [0.15, 0.2) is 12.5 Å². The van der Waals surface area contributed by atoms with Gasteiger partial charge in [0.1, 0.15) is 24.1 Å². The van der Waals surface area contributed by atoms with E-state index in [0.29, 0.717) is 0 Å². The molecule has 1 fully saturated rings. The summed E-state index contributed by atoms with van der Waals surface area (Å²) >= 11 is 0. The summed E-state index contributed by atoms with van der Waals surface area (Å²) in [4.78, 5) is 3.74. The highest BCUT2D eigenvalue weighted by atomic mass is 16.6. The standard InChI is InChI=1S/C8H13N3O4/c9-5-1-10-3-11(5)8-7(14)6(13)4(2-12)15-8/h1,3-4,6-8,12-14H,2,9H2/t4-,6-,7-,8-/m1/s1/i4D. The van der Waals surface area contributed by atoms with Crippen molar-refractivity contribution in [3.63, 3.8) is 0 Å². The average molecular weight is 216 g/mol. The summed E-state index contributed by atoms with van der Waals surface area (Å²) in [5.74, 6) is 0.235. The molecule has 0 spiro atoms. The fourth-order valence-electron chi connectivity index (χ4n) is 1.52. The summed E-state index contributed by atoms with van der Waals surface area (Å²) in [6.45, 7) is -0.726. The van der Waals surface area contributed by atoms with Gasteiger partial charge in [-0.1, -0.05) is 0 Å². The van der Waals surface area contributed by atoms with E-state index in [9.17, 15) is 10.2 Å². The fraction of sp³-hybridized carbons (Fsp3) is 0.625. The number of hydrogen-bond donors (Lipinski definition) is 4. The average Bonchev–Trinajstić information content (AvgIpc) is 2.77. The largest absolute Gasteiger partial charge is 0.394 e. The van der Waals surface area contributed by atoms with E-state index in [1.165, 1.54) is 17.1 Å². The van der Waals surface area contributed by atoms with Gasteiger partial charge in [-0.15, -0.1) is 0 Å². The second kappa shape index (κ2) is 3.78. The molecule has 2 heterocycles. The van der Waals surface area contributed by atoms with Crippen LogP contribution in [0.25, 0.3) is 0 Å². The molecular formula is C8H13N3O4. The molecule has 7 nitrogen and oxygen atoms in total. The molecule has 84 valence electrons. The van der Waals surface area contributed by atoms with Crippen molar-refractivity contribution in [3.05, 3.63) is 12.5 Å². The second-order valence-corrected chi connectivity index (χ2v) is 3.29. The van der Waals surface area contributed by atoms with Gasteiger partial charge in [0, 0.05) is 0 Å². The van der Waals surface area contributed by atoms with Gasteiger partial charge in [0.2, 0.25) is 0 Å². The van der Waals surface area contributed by atoms with Crippen LogP contribution in [0, 0.1) is 0 Å². The maximum atomic E-state index is 9.71. The maximum absolute atomic E-state index is 9.71. The minimum atomic E-state index is -1.94. The van der Waals surface area contributed by atoms with Crippen molar-refractivity contribution in [2.45, 2.75) is 24.5 Å². The normalized spacial score (nSPS) is 41.8. The van der Waals surface area contributed by atoms with Crippen molar-refractivity contribution >= 4 is 5.82 Å². The topological polar surface area (TPSA) is 114 Å². The SMILES string of the molecule is [2H][C@]1(CO)O[C@@H](n2cncc2N)[C@H](O)[C@@H]1O. The van der Waals surface area contributed by atoms with Crippen molar-refractivity contribution in [1.82, 2.24) is 9.55 Å². The summed E-state index contributed by atoms with van der Waals surface area (Å²) in [5, 5.41) is 28.2. The number of rotatable bonds is 2. The number of aromatic nitrogens is 2. The number of ether oxygens (including phenoxy) is 1. The van der Waals surface area contributed by atoms with Crippen LogP contribution in [0.4, 0.5) is 5.82 Å². The first kappa shape index (κ1) is 9.10. The van der Waals surface area contributed by atoms with Gasteiger partial charge >= 0.3 is 0 Å². The van der Waals surface area contributed by atoms with Crippen LogP contribution in [0.5, 0.6) is 0 Å². The maximum Gasteiger partial charge on any atom is 0.165 e. The minimum absolute atomic E-state index is 0.235. The van der Waals surface area contributed by atoms with Crippen LogP contribution < -0.4 is 5.73 Å². The molecule has 1 aliphatic rings. The van der Waals surface area contributed by atoms with Gasteiger partial charge in [-0.05, 0) is 0 Å². The fourth-order valence-corrected chi connectivity index (χ4v) is 1.52. The highest BCUT2D eigenvalue weighted by Crippen LogP contribution is 2.30. The van der Waals surface area contributed by atoms with E-state index in [1.807, 2.05) is 0 Å². The molecule has 0 saturated carbocycles. The summed E-state index contributed by atoms with van der Waals surface area (Å²) in [7, 11) is 0. The minimum Gasteiger partial charge on any atom is -0.394 e. The second-order valence-electron chi connectivity index (χ2n) is 3.29. The van der Waals surface area contributed by atoms with Crippen LogP contribution in [-0.4, -0.2) is 49.8 Å². The zero-order chi connectivity index (χ0) is 11.9. The quantitative estimate of drug-likeness (QED) is 0.458. The molecule has 0 amide bonds. The molecule has 2 rings (SSSR count). The first-order chi connectivity index (χ1) is 7.49. The number of hydrogen-bond acceptors (Lipinski definition) is 6. The van der Waals surface area contributed by atoms with Crippen LogP contribution >= 0.6 is 0 Å². The zero-order valence-corrected chi connectivity index (χ0v) is 7.82. The zero-order valence-electron chi connectivity index (χ0n) is 8.82. The smallest absolute Gasteiger partial charge is 0.165 e. The summed E-state index contributed by atoms with van der Waals surface area (Å²) in [6, 6.07) is 0. The number of aliphatic hydroxyl groups excluding tert-OH is 3. The Morgan fingerprint density at radius 2 is 2.33 bits per heavy atom. The third-order valence-electron chi connectivity index (χ3n) is 2.34. The molecular weight excluding hydrogens is 202 g/mol. The first-order valence-electron chi connectivity index (χ1n) is 4.92. The van der Waals surface area contributed by atoms with Crippen molar-refractivity contribution in [3.8, 4) is 0 Å². The number of nitrogen functional groups attached to an aromatic ring is 1. The third-order valence-corrected chi connectivity index (χ3v) is 2.34. The number of nitrogens with two attached hydrogens (primary N) is 1. The molecule has 0 bridgehead atoms. The van der Waals surface area contributed by atoms with E-state index in [1.54, 1.807) is 0 Å². The van der Waals surface area contributed by atoms with Crippen molar-refractivity contribution in [2.24, 2.45) is 0 Å². The Hall–Kier alpha value is -1.15. The van der Waals surface area contributed by atoms with Gasteiger partial charge in [-0.3, -0.25) is 4.57 Å². The van der Waals surface area contributed by atoms with Gasteiger partial charge in [-0.25, -0.2) is 4.98 Å². The lowest BCUT2D eigenvalue weighted by atomic mass is 10.1. The van der Waals surface area contributed by atoms with Gasteiger partial charge in [0.25, 0.3) is 0 Å². The molecule has 1 saturated heterocycles. The molecule has 0 radical (unpaired) electrons. The summed E-state index contributed by atoms with van der Waals surface area (Å²) < 4.78 is 14.0. The lowest BCUT2D eigenvalue weighted by Gasteiger charge is -2.16. The van der Waals surface area contributed by atoms with E-state index < -0.39 is 31.1 Å². The highest BCUT2D eigenvalue weighted by Gasteiger charge is 2.43. The van der Waals surface area contributed by atoms with Gasteiger partial charge in [-0.2, -0.15) is 0 Å². The van der Waals surface area contributed by atoms with E-state index in [-0.39, 0.29) is 5.82 Å². The van der Waals surface area contributed by atoms with E-state index in [4.69, 9.17) is 16.9 Å². The Labute approximate surface area is 87.1 Å². The lowest BCUT2D eigenvalue weighted by molar-refractivity contribution is -0.0517. The van der Waals surface area contributed by atoms with Crippen LogP contribution in [-0.2, 0) is 4.74 Å². The Morgan fingerprint density at radius 3 is 2.80 bits per heavy atom. The highest BCUT2D eigenvalue weighted by molar-refractivity contribution is 5.25.